The number of nitrogens with one attached hydrogen (secondary N) is 1. The van der Waals surface area contributed by atoms with Gasteiger partial charge < -0.3 is 5.32 Å². The first-order valence-electron chi connectivity index (χ1n) is 6.38. The molecule has 102 valence electrons. The minimum Gasteiger partial charge on any atom is -0.345 e. The van der Waals surface area contributed by atoms with Crippen molar-refractivity contribution >= 4 is 11.7 Å². The molecule has 4 heteroatoms. The Morgan fingerprint density at radius 2 is 1.75 bits per heavy atom. The van der Waals surface area contributed by atoms with E-state index in [1.165, 1.54) is 0 Å². The highest BCUT2D eigenvalue weighted by Crippen LogP contribution is 2.06. The molecule has 0 saturated heterocycles. The number of hydrogen-bond donors (Lipinski definition) is 1. The van der Waals surface area contributed by atoms with E-state index in [2.05, 4.69) is 10.3 Å². The first-order valence-corrected chi connectivity index (χ1v) is 6.38. The highest BCUT2D eigenvalue weighted by molar-refractivity contribution is 6.02. The molecule has 2 rings (SSSR count). The van der Waals surface area contributed by atoms with Crippen molar-refractivity contribution < 1.29 is 9.59 Å². The zero-order valence-corrected chi connectivity index (χ0v) is 11.5. The van der Waals surface area contributed by atoms with E-state index in [9.17, 15) is 9.59 Å². The molecule has 0 spiro atoms. The highest BCUT2D eigenvalue weighted by Gasteiger charge is 2.12. The molecule has 0 aliphatic carbocycles. The maximum absolute atomic E-state index is 12.0. The molecule has 1 aromatic heterocycles. The number of carbonyl (C=O) groups is 2. The Kier molecular flexibility index (Phi) is 4.25. The van der Waals surface area contributed by atoms with Crippen molar-refractivity contribution in [3.8, 4) is 0 Å². The molecule has 1 heterocycles. The van der Waals surface area contributed by atoms with Crippen molar-refractivity contribution in [3.63, 3.8) is 0 Å². The van der Waals surface area contributed by atoms with Gasteiger partial charge in [-0.15, -0.1) is 0 Å². The second-order valence-corrected chi connectivity index (χ2v) is 4.56. The van der Waals surface area contributed by atoms with Crippen molar-refractivity contribution in [1.29, 1.82) is 0 Å². The maximum Gasteiger partial charge on any atom is 0.253 e. The summed E-state index contributed by atoms with van der Waals surface area (Å²) in [6.07, 6.45) is 0. The number of ketones is 1. The van der Waals surface area contributed by atoms with Gasteiger partial charge in [-0.05, 0) is 26.0 Å². The first-order chi connectivity index (χ1) is 9.58. The van der Waals surface area contributed by atoms with Gasteiger partial charge in [0.15, 0.2) is 5.78 Å². The Labute approximate surface area is 117 Å². The van der Waals surface area contributed by atoms with Gasteiger partial charge >= 0.3 is 0 Å². The van der Waals surface area contributed by atoms with Crippen LogP contribution in [0.2, 0.25) is 0 Å². The number of amides is 1. The summed E-state index contributed by atoms with van der Waals surface area (Å²) in [5.74, 6) is -0.393. The number of aryl methyl sites for hydroxylation is 2. The number of hydrogen-bond acceptors (Lipinski definition) is 3. The molecule has 1 amide bonds. The van der Waals surface area contributed by atoms with E-state index in [0.29, 0.717) is 16.8 Å². The molecule has 1 aromatic carbocycles. The van der Waals surface area contributed by atoms with E-state index >= 15 is 0 Å². The van der Waals surface area contributed by atoms with Crippen LogP contribution in [0.15, 0.2) is 42.5 Å². The fraction of sp³-hybridized carbons (Fsp3) is 0.188. The van der Waals surface area contributed by atoms with E-state index in [1.54, 1.807) is 43.3 Å². The summed E-state index contributed by atoms with van der Waals surface area (Å²) in [6.45, 7) is 3.63. The SMILES string of the molecule is Cc1ccc(C(=O)NCC(=O)c2ccccc2)c(C)n1. The average Bonchev–Trinajstić information content (AvgIpc) is 2.45. The Balaban J connectivity index is 2.00. The van der Waals surface area contributed by atoms with Gasteiger partial charge in [-0.25, -0.2) is 0 Å². The van der Waals surface area contributed by atoms with Gasteiger partial charge in [0.25, 0.3) is 5.91 Å². The van der Waals surface area contributed by atoms with Crippen LogP contribution in [0.5, 0.6) is 0 Å². The van der Waals surface area contributed by atoms with Crippen LogP contribution < -0.4 is 5.32 Å². The summed E-state index contributed by atoms with van der Waals surface area (Å²) < 4.78 is 0. The Hall–Kier alpha value is -2.49. The molecule has 2 aromatic rings. The predicted molar refractivity (Wildman–Crippen MR) is 76.8 cm³/mol. The molecule has 0 aliphatic heterocycles. The van der Waals surface area contributed by atoms with Gasteiger partial charge in [0.2, 0.25) is 0 Å². The van der Waals surface area contributed by atoms with E-state index < -0.39 is 0 Å². The quantitative estimate of drug-likeness (QED) is 0.866. The van der Waals surface area contributed by atoms with Gasteiger partial charge in [0.1, 0.15) is 0 Å². The van der Waals surface area contributed by atoms with Gasteiger partial charge in [0.05, 0.1) is 17.8 Å². The van der Waals surface area contributed by atoms with Crippen LogP contribution in [0.3, 0.4) is 0 Å². The highest BCUT2D eigenvalue weighted by atomic mass is 16.2. The van der Waals surface area contributed by atoms with Crippen molar-refractivity contribution in [2.75, 3.05) is 6.54 Å². The number of aromatic nitrogens is 1. The normalized spacial score (nSPS) is 10.1. The van der Waals surface area contributed by atoms with Crippen LogP contribution >= 0.6 is 0 Å². The minimum atomic E-state index is -0.278. The van der Waals surface area contributed by atoms with Crippen molar-refractivity contribution in [1.82, 2.24) is 10.3 Å². The topological polar surface area (TPSA) is 59.1 Å². The molecule has 1 N–H and O–H groups in total. The van der Waals surface area contributed by atoms with Crippen LogP contribution in [0, 0.1) is 13.8 Å². The number of rotatable bonds is 4. The average molecular weight is 268 g/mol. The van der Waals surface area contributed by atoms with Crippen LogP contribution in [0.1, 0.15) is 32.1 Å². The molecule has 0 saturated carbocycles. The summed E-state index contributed by atoms with van der Waals surface area (Å²) >= 11 is 0. The molecule has 0 unspecified atom stereocenters. The largest absolute Gasteiger partial charge is 0.345 e. The lowest BCUT2D eigenvalue weighted by atomic mass is 10.1. The monoisotopic (exact) mass is 268 g/mol. The fourth-order valence-corrected chi connectivity index (χ4v) is 1.91. The van der Waals surface area contributed by atoms with Crippen molar-refractivity contribution in [2.24, 2.45) is 0 Å². The standard InChI is InChI=1S/C16H16N2O2/c1-11-8-9-14(12(2)18-11)16(20)17-10-15(19)13-6-4-3-5-7-13/h3-9H,10H2,1-2H3,(H,17,20). The lowest BCUT2D eigenvalue weighted by Gasteiger charge is -2.07. The number of Topliss-reactive ketones (excluding diaryl/α,β-unsaturated/α-hetero) is 1. The molecule has 0 bridgehead atoms. The molecule has 0 radical (unpaired) electrons. The first kappa shape index (κ1) is 13.9. The van der Waals surface area contributed by atoms with Gasteiger partial charge in [-0.1, -0.05) is 30.3 Å². The smallest absolute Gasteiger partial charge is 0.253 e. The van der Waals surface area contributed by atoms with Crippen molar-refractivity contribution in [3.05, 3.63) is 65.0 Å². The summed E-state index contributed by atoms with van der Waals surface area (Å²) in [7, 11) is 0. The van der Waals surface area contributed by atoms with E-state index in [0.717, 1.165) is 5.69 Å². The molecule has 0 aliphatic rings. The Morgan fingerprint density at radius 3 is 2.40 bits per heavy atom. The molecular formula is C16H16N2O2. The van der Waals surface area contributed by atoms with Gasteiger partial charge in [0, 0.05) is 11.3 Å². The van der Waals surface area contributed by atoms with Crippen LogP contribution in [-0.4, -0.2) is 23.2 Å². The third-order valence-corrected chi connectivity index (χ3v) is 2.97. The third kappa shape index (κ3) is 3.29. The zero-order chi connectivity index (χ0) is 14.5. The summed E-state index contributed by atoms with van der Waals surface area (Å²) in [4.78, 5) is 28.1. The van der Waals surface area contributed by atoms with Gasteiger partial charge in [-0.3, -0.25) is 14.6 Å². The predicted octanol–water partition coefficient (Wildman–Crippen LogP) is 2.31. The second-order valence-electron chi connectivity index (χ2n) is 4.56. The number of benzene rings is 1. The number of pyridine rings is 1. The summed E-state index contributed by atoms with van der Waals surface area (Å²) in [5, 5.41) is 2.63. The van der Waals surface area contributed by atoms with Crippen LogP contribution in [-0.2, 0) is 0 Å². The zero-order valence-electron chi connectivity index (χ0n) is 11.5. The maximum atomic E-state index is 12.0. The molecule has 20 heavy (non-hydrogen) atoms. The molecule has 0 atom stereocenters. The van der Waals surface area contributed by atoms with E-state index in [4.69, 9.17) is 0 Å². The molecule has 0 fully saturated rings. The van der Waals surface area contributed by atoms with E-state index in [-0.39, 0.29) is 18.2 Å². The van der Waals surface area contributed by atoms with E-state index in [1.807, 2.05) is 13.0 Å². The lowest BCUT2D eigenvalue weighted by molar-refractivity contribution is 0.0903. The van der Waals surface area contributed by atoms with Crippen LogP contribution in [0.4, 0.5) is 0 Å². The minimum absolute atomic E-state index is 0.0177. The number of carbonyl (C=O) groups excluding carboxylic acids is 2. The Morgan fingerprint density at radius 1 is 1.05 bits per heavy atom. The fourth-order valence-electron chi connectivity index (χ4n) is 1.91. The second kappa shape index (κ2) is 6.10. The van der Waals surface area contributed by atoms with Crippen LogP contribution in [0.25, 0.3) is 0 Å². The number of nitrogens with zero attached hydrogens (tertiary/aromatic N) is 1. The summed E-state index contributed by atoms with van der Waals surface area (Å²) in [5.41, 5.74) is 2.61. The lowest BCUT2D eigenvalue weighted by Crippen LogP contribution is -2.30. The molecular weight excluding hydrogens is 252 g/mol. The van der Waals surface area contributed by atoms with Crippen molar-refractivity contribution in [2.45, 2.75) is 13.8 Å². The Bertz CT molecular complexity index is 636. The summed E-state index contributed by atoms with van der Waals surface area (Å²) in [6, 6.07) is 12.4. The van der Waals surface area contributed by atoms with Gasteiger partial charge in [-0.2, -0.15) is 0 Å². The molecule has 4 nitrogen and oxygen atoms in total. The third-order valence-electron chi connectivity index (χ3n) is 2.97.